The summed E-state index contributed by atoms with van der Waals surface area (Å²) in [5.41, 5.74) is 2.33. The second-order valence-electron chi connectivity index (χ2n) is 5.13. The SMILES string of the molecule is COC(=O)CSc1cn(Cc2ccc(Cl)cc2)c2ccccc12. The molecule has 1 heterocycles. The molecule has 0 N–H and O–H groups in total. The number of rotatable bonds is 5. The molecule has 0 atom stereocenters. The number of carbonyl (C=O) groups excluding carboxylic acids is 1. The fraction of sp³-hybridized carbons (Fsp3) is 0.167. The molecule has 23 heavy (non-hydrogen) atoms. The van der Waals surface area contributed by atoms with Crippen molar-refractivity contribution in [1.29, 1.82) is 0 Å². The fourth-order valence-corrected chi connectivity index (χ4v) is 3.49. The summed E-state index contributed by atoms with van der Waals surface area (Å²) in [5, 5.41) is 1.89. The Balaban J connectivity index is 1.90. The van der Waals surface area contributed by atoms with Gasteiger partial charge in [-0.2, -0.15) is 0 Å². The van der Waals surface area contributed by atoms with Crippen molar-refractivity contribution >= 4 is 40.2 Å². The molecule has 0 aliphatic rings. The molecule has 2 aromatic carbocycles. The number of hydrogen-bond donors (Lipinski definition) is 0. The number of esters is 1. The first kappa shape index (κ1) is 16.0. The highest BCUT2D eigenvalue weighted by Gasteiger charge is 2.11. The fourth-order valence-electron chi connectivity index (χ4n) is 2.44. The first-order valence-corrected chi connectivity index (χ1v) is 8.55. The standard InChI is InChI=1S/C18H16ClNO2S/c1-22-18(21)12-23-17-11-20(16-5-3-2-4-15(16)17)10-13-6-8-14(19)9-7-13/h2-9,11H,10,12H2,1H3. The van der Waals surface area contributed by atoms with Gasteiger partial charge in [0.05, 0.1) is 12.9 Å². The van der Waals surface area contributed by atoms with Gasteiger partial charge in [-0.25, -0.2) is 0 Å². The number of para-hydroxylation sites is 1. The molecule has 3 nitrogen and oxygen atoms in total. The normalized spacial score (nSPS) is 10.9. The van der Waals surface area contributed by atoms with Crippen LogP contribution in [0.4, 0.5) is 0 Å². The minimum Gasteiger partial charge on any atom is -0.468 e. The average molecular weight is 346 g/mol. The van der Waals surface area contributed by atoms with Crippen molar-refractivity contribution in [2.24, 2.45) is 0 Å². The Morgan fingerprint density at radius 2 is 1.91 bits per heavy atom. The number of ether oxygens (including phenoxy) is 1. The zero-order chi connectivity index (χ0) is 16.2. The molecule has 5 heteroatoms. The first-order valence-electron chi connectivity index (χ1n) is 7.19. The van der Waals surface area contributed by atoms with E-state index in [0.717, 1.165) is 27.4 Å². The molecule has 3 rings (SSSR count). The summed E-state index contributed by atoms with van der Waals surface area (Å²) in [5.74, 6) is 0.0929. The van der Waals surface area contributed by atoms with Crippen LogP contribution in [0.2, 0.25) is 5.02 Å². The van der Waals surface area contributed by atoms with E-state index in [0.29, 0.717) is 5.75 Å². The minimum absolute atomic E-state index is 0.218. The summed E-state index contributed by atoms with van der Waals surface area (Å²) in [6.07, 6.45) is 2.09. The van der Waals surface area contributed by atoms with Crippen LogP contribution in [0.15, 0.2) is 59.6 Å². The maximum absolute atomic E-state index is 11.4. The zero-order valence-electron chi connectivity index (χ0n) is 12.7. The van der Waals surface area contributed by atoms with E-state index in [2.05, 4.69) is 22.9 Å². The Kier molecular flexibility index (Phi) is 4.94. The van der Waals surface area contributed by atoms with Crippen LogP contribution in [0.1, 0.15) is 5.56 Å². The highest BCUT2D eigenvalue weighted by atomic mass is 35.5. The molecule has 0 amide bonds. The number of fused-ring (bicyclic) bond motifs is 1. The van der Waals surface area contributed by atoms with E-state index in [-0.39, 0.29) is 5.97 Å². The molecule has 0 aliphatic heterocycles. The van der Waals surface area contributed by atoms with Crippen LogP contribution < -0.4 is 0 Å². The van der Waals surface area contributed by atoms with Crippen LogP contribution >= 0.6 is 23.4 Å². The summed E-state index contributed by atoms with van der Waals surface area (Å²) in [6.45, 7) is 0.760. The maximum Gasteiger partial charge on any atom is 0.315 e. The van der Waals surface area contributed by atoms with Gasteiger partial charge in [-0.3, -0.25) is 4.79 Å². The number of hydrogen-bond acceptors (Lipinski definition) is 3. The zero-order valence-corrected chi connectivity index (χ0v) is 14.2. The number of methoxy groups -OCH3 is 1. The lowest BCUT2D eigenvalue weighted by molar-refractivity contribution is -0.137. The number of benzene rings is 2. The Labute approximate surface area is 144 Å². The van der Waals surface area contributed by atoms with Gasteiger partial charge < -0.3 is 9.30 Å². The molecule has 0 saturated heterocycles. The molecule has 3 aromatic rings. The quantitative estimate of drug-likeness (QED) is 0.500. The number of halogens is 1. The van der Waals surface area contributed by atoms with E-state index in [9.17, 15) is 4.79 Å². The van der Waals surface area contributed by atoms with E-state index in [1.54, 1.807) is 0 Å². The molecule has 0 radical (unpaired) electrons. The molecule has 1 aromatic heterocycles. The van der Waals surface area contributed by atoms with Crippen molar-refractivity contribution < 1.29 is 9.53 Å². The third-order valence-electron chi connectivity index (χ3n) is 3.59. The molecule has 118 valence electrons. The summed E-state index contributed by atoms with van der Waals surface area (Å²) < 4.78 is 6.91. The summed E-state index contributed by atoms with van der Waals surface area (Å²) in [6, 6.07) is 16.1. The molecule has 0 unspecified atom stereocenters. The van der Waals surface area contributed by atoms with Crippen LogP contribution in [0.25, 0.3) is 10.9 Å². The summed E-state index contributed by atoms with van der Waals surface area (Å²) >= 11 is 7.44. The number of aromatic nitrogens is 1. The molecular formula is C18H16ClNO2S. The van der Waals surface area contributed by atoms with Crippen molar-refractivity contribution in [3.8, 4) is 0 Å². The number of thioether (sulfide) groups is 1. The molecule has 0 saturated carbocycles. The van der Waals surface area contributed by atoms with Crippen molar-refractivity contribution in [3.05, 3.63) is 65.3 Å². The smallest absolute Gasteiger partial charge is 0.315 e. The molecule has 0 fully saturated rings. The van der Waals surface area contributed by atoms with Crippen LogP contribution in [-0.4, -0.2) is 23.4 Å². The first-order chi connectivity index (χ1) is 11.2. The van der Waals surface area contributed by atoms with Gasteiger partial charge in [0.2, 0.25) is 0 Å². The maximum atomic E-state index is 11.4. The van der Waals surface area contributed by atoms with Gasteiger partial charge in [0.1, 0.15) is 0 Å². The molecule has 0 spiro atoms. The lowest BCUT2D eigenvalue weighted by Crippen LogP contribution is -2.02. The number of nitrogens with zero attached hydrogens (tertiary/aromatic N) is 1. The van der Waals surface area contributed by atoms with Gasteiger partial charge in [-0.15, -0.1) is 11.8 Å². The second kappa shape index (κ2) is 7.11. The van der Waals surface area contributed by atoms with Gasteiger partial charge in [0.15, 0.2) is 0 Å². The third kappa shape index (κ3) is 3.71. The van der Waals surface area contributed by atoms with Crippen LogP contribution in [-0.2, 0) is 16.1 Å². The van der Waals surface area contributed by atoms with Gasteiger partial charge in [0, 0.05) is 33.6 Å². The third-order valence-corrected chi connectivity index (χ3v) is 4.86. The highest BCUT2D eigenvalue weighted by Crippen LogP contribution is 2.30. The Morgan fingerprint density at radius 3 is 2.65 bits per heavy atom. The van der Waals surface area contributed by atoms with E-state index in [4.69, 9.17) is 16.3 Å². The molecule has 0 aliphatic carbocycles. The Hall–Kier alpha value is -1.91. The van der Waals surface area contributed by atoms with E-state index in [1.165, 1.54) is 24.4 Å². The average Bonchev–Trinajstić information content (AvgIpc) is 2.93. The second-order valence-corrected chi connectivity index (χ2v) is 6.58. The molecule has 0 bridgehead atoms. The van der Waals surface area contributed by atoms with E-state index in [1.807, 2.05) is 36.4 Å². The predicted octanol–water partition coefficient (Wildman–Crippen LogP) is 4.61. The predicted molar refractivity (Wildman–Crippen MR) is 95.2 cm³/mol. The van der Waals surface area contributed by atoms with Crippen molar-refractivity contribution in [1.82, 2.24) is 4.57 Å². The topological polar surface area (TPSA) is 31.2 Å². The highest BCUT2D eigenvalue weighted by molar-refractivity contribution is 8.00. The molecular weight excluding hydrogens is 330 g/mol. The van der Waals surface area contributed by atoms with Gasteiger partial charge >= 0.3 is 5.97 Å². The van der Waals surface area contributed by atoms with E-state index >= 15 is 0 Å². The van der Waals surface area contributed by atoms with Crippen LogP contribution in [0.3, 0.4) is 0 Å². The van der Waals surface area contributed by atoms with Crippen molar-refractivity contribution in [2.75, 3.05) is 12.9 Å². The Morgan fingerprint density at radius 1 is 1.17 bits per heavy atom. The monoisotopic (exact) mass is 345 g/mol. The van der Waals surface area contributed by atoms with Crippen molar-refractivity contribution in [3.63, 3.8) is 0 Å². The minimum atomic E-state index is -0.218. The lowest BCUT2D eigenvalue weighted by Gasteiger charge is -2.05. The lowest BCUT2D eigenvalue weighted by atomic mass is 10.2. The Bertz CT molecular complexity index is 827. The van der Waals surface area contributed by atoms with Gasteiger partial charge in [-0.05, 0) is 23.8 Å². The van der Waals surface area contributed by atoms with Gasteiger partial charge in [0.25, 0.3) is 0 Å². The van der Waals surface area contributed by atoms with Crippen LogP contribution in [0.5, 0.6) is 0 Å². The van der Waals surface area contributed by atoms with Gasteiger partial charge in [-0.1, -0.05) is 41.9 Å². The summed E-state index contributed by atoms with van der Waals surface area (Å²) in [7, 11) is 1.41. The summed E-state index contributed by atoms with van der Waals surface area (Å²) in [4.78, 5) is 12.5. The number of carbonyl (C=O) groups is 1. The van der Waals surface area contributed by atoms with Crippen molar-refractivity contribution in [2.45, 2.75) is 11.4 Å². The van der Waals surface area contributed by atoms with Crippen LogP contribution in [0, 0.1) is 0 Å². The largest absolute Gasteiger partial charge is 0.468 e. The van der Waals surface area contributed by atoms with E-state index < -0.39 is 0 Å².